The number of amides is 1. The average molecular weight is 294 g/mol. The molecule has 0 saturated carbocycles. The van der Waals surface area contributed by atoms with E-state index in [2.05, 4.69) is 5.32 Å². The Hall–Kier alpha value is -1.65. The smallest absolute Gasteiger partial charge is 0.224 e. The molecule has 98 valence electrons. The van der Waals surface area contributed by atoms with E-state index in [1.807, 2.05) is 11.4 Å². The summed E-state index contributed by atoms with van der Waals surface area (Å²) in [5, 5.41) is 5.02. The zero-order valence-corrected chi connectivity index (χ0v) is 11.6. The maximum atomic E-state index is 11.7. The highest BCUT2D eigenvalue weighted by Crippen LogP contribution is 2.21. The summed E-state index contributed by atoms with van der Waals surface area (Å²) in [6, 6.07) is 10.6. The number of nitrogens with one attached hydrogen (secondary N) is 1. The summed E-state index contributed by atoms with van der Waals surface area (Å²) in [6.07, 6.45) is 0.360. The normalized spacial score (nSPS) is 10.2. The highest BCUT2D eigenvalue weighted by molar-refractivity contribution is 7.12. The van der Waals surface area contributed by atoms with Crippen molar-refractivity contribution in [3.8, 4) is 0 Å². The summed E-state index contributed by atoms with van der Waals surface area (Å²) in [7, 11) is 0. The molecule has 0 aliphatic rings. The molecule has 0 bridgehead atoms. The average Bonchev–Trinajstić information content (AvgIpc) is 2.93. The summed E-state index contributed by atoms with van der Waals surface area (Å²) in [5.74, 6) is -0.220. The Morgan fingerprint density at radius 3 is 2.58 bits per heavy atom. The van der Waals surface area contributed by atoms with E-state index in [4.69, 9.17) is 11.6 Å². The fraction of sp³-hybridized carbons (Fsp3) is 0.143. The van der Waals surface area contributed by atoms with Crippen LogP contribution in [0.15, 0.2) is 41.8 Å². The predicted molar refractivity (Wildman–Crippen MR) is 78.0 cm³/mol. The first-order valence-electron chi connectivity index (χ1n) is 5.78. The fourth-order valence-electron chi connectivity index (χ4n) is 1.56. The van der Waals surface area contributed by atoms with Gasteiger partial charge in [0.15, 0.2) is 5.78 Å². The van der Waals surface area contributed by atoms with Gasteiger partial charge in [-0.25, -0.2) is 0 Å². The summed E-state index contributed by atoms with van der Waals surface area (Å²) >= 11 is 7.32. The van der Waals surface area contributed by atoms with Crippen molar-refractivity contribution < 1.29 is 9.59 Å². The van der Waals surface area contributed by atoms with Gasteiger partial charge in [0, 0.05) is 12.8 Å². The number of anilines is 1. The third kappa shape index (κ3) is 3.91. The number of carbonyl (C=O) groups is 2. The Labute approximate surface area is 120 Å². The third-order valence-electron chi connectivity index (χ3n) is 2.52. The largest absolute Gasteiger partial charge is 0.325 e. The van der Waals surface area contributed by atoms with Crippen molar-refractivity contribution in [3.63, 3.8) is 0 Å². The maximum absolute atomic E-state index is 11.7. The van der Waals surface area contributed by atoms with Gasteiger partial charge in [-0.3, -0.25) is 9.59 Å². The van der Waals surface area contributed by atoms with Crippen LogP contribution in [0.2, 0.25) is 5.02 Å². The number of benzene rings is 1. The van der Waals surface area contributed by atoms with Crippen LogP contribution in [0.1, 0.15) is 22.5 Å². The SMILES string of the molecule is O=C(CCC(=O)c1cccs1)Nc1ccccc1Cl. The maximum Gasteiger partial charge on any atom is 0.224 e. The lowest BCUT2D eigenvalue weighted by Gasteiger charge is -2.06. The molecule has 1 aromatic carbocycles. The van der Waals surface area contributed by atoms with Crippen LogP contribution in [0.3, 0.4) is 0 Å². The van der Waals surface area contributed by atoms with Crippen LogP contribution in [0.4, 0.5) is 5.69 Å². The number of Topliss-reactive ketones (excluding diaryl/α,β-unsaturated/α-hetero) is 1. The lowest BCUT2D eigenvalue weighted by Crippen LogP contribution is -2.13. The van der Waals surface area contributed by atoms with Gasteiger partial charge in [-0.05, 0) is 23.6 Å². The van der Waals surface area contributed by atoms with Crippen molar-refractivity contribution in [1.29, 1.82) is 0 Å². The molecule has 0 radical (unpaired) electrons. The lowest BCUT2D eigenvalue weighted by atomic mass is 10.2. The minimum absolute atomic E-state index is 0.00990. The molecule has 5 heteroatoms. The molecule has 1 N–H and O–H groups in total. The zero-order valence-electron chi connectivity index (χ0n) is 10.1. The van der Waals surface area contributed by atoms with Crippen molar-refractivity contribution in [2.75, 3.05) is 5.32 Å². The van der Waals surface area contributed by atoms with Crippen molar-refractivity contribution in [2.24, 2.45) is 0 Å². The molecule has 1 amide bonds. The first-order chi connectivity index (χ1) is 9.16. The van der Waals surface area contributed by atoms with Gasteiger partial charge in [0.1, 0.15) is 0 Å². The van der Waals surface area contributed by atoms with Crippen molar-refractivity contribution in [3.05, 3.63) is 51.7 Å². The Morgan fingerprint density at radius 2 is 1.89 bits per heavy atom. The van der Waals surface area contributed by atoms with Crippen LogP contribution in [-0.4, -0.2) is 11.7 Å². The van der Waals surface area contributed by atoms with Gasteiger partial charge in [0.25, 0.3) is 0 Å². The number of rotatable bonds is 5. The van der Waals surface area contributed by atoms with E-state index in [0.29, 0.717) is 15.6 Å². The highest BCUT2D eigenvalue weighted by Gasteiger charge is 2.11. The number of halogens is 1. The molecule has 19 heavy (non-hydrogen) atoms. The first-order valence-corrected chi connectivity index (χ1v) is 7.03. The van der Waals surface area contributed by atoms with Crippen molar-refractivity contribution >= 4 is 40.3 Å². The molecular weight excluding hydrogens is 282 g/mol. The number of hydrogen-bond donors (Lipinski definition) is 1. The van der Waals surface area contributed by atoms with Gasteiger partial charge in [-0.1, -0.05) is 29.8 Å². The quantitative estimate of drug-likeness (QED) is 0.847. The summed E-state index contributed by atoms with van der Waals surface area (Å²) in [6.45, 7) is 0. The molecule has 0 aliphatic heterocycles. The molecule has 3 nitrogen and oxygen atoms in total. The minimum atomic E-state index is -0.210. The van der Waals surface area contributed by atoms with E-state index < -0.39 is 0 Å². The minimum Gasteiger partial charge on any atom is -0.325 e. The zero-order chi connectivity index (χ0) is 13.7. The molecule has 0 atom stereocenters. The fourth-order valence-corrected chi connectivity index (χ4v) is 2.44. The summed E-state index contributed by atoms with van der Waals surface area (Å²) in [5.41, 5.74) is 0.567. The van der Waals surface area contributed by atoms with E-state index in [1.165, 1.54) is 11.3 Å². The van der Waals surface area contributed by atoms with Gasteiger partial charge in [-0.15, -0.1) is 11.3 Å². The molecule has 0 unspecified atom stereocenters. The molecule has 1 aromatic heterocycles. The second-order valence-corrected chi connectivity index (χ2v) is 5.28. The van der Waals surface area contributed by atoms with Crippen molar-refractivity contribution in [2.45, 2.75) is 12.8 Å². The van der Waals surface area contributed by atoms with E-state index in [9.17, 15) is 9.59 Å². The number of ketones is 1. The molecule has 0 fully saturated rings. The molecular formula is C14H12ClNO2S. The van der Waals surface area contributed by atoms with Crippen LogP contribution in [0, 0.1) is 0 Å². The van der Waals surface area contributed by atoms with Gasteiger partial charge < -0.3 is 5.32 Å². The first kappa shape index (κ1) is 13.8. The molecule has 0 aliphatic carbocycles. The van der Waals surface area contributed by atoms with Crippen molar-refractivity contribution in [1.82, 2.24) is 0 Å². The molecule has 1 heterocycles. The molecule has 2 rings (SSSR count). The van der Waals surface area contributed by atoms with Gasteiger partial charge in [0.2, 0.25) is 5.91 Å². The number of thiophene rings is 1. The van der Waals surface area contributed by atoms with Gasteiger partial charge in [0.05, 0.1) is 15.6 Å². The highest BCUT2D eigenvalue weighted by atomic mass is 35.5. The number of para-hydroxylation sites is 1. The standard InChI is InChI=1S/C14H12ClNO2S/c15-10-4-1-2-5-11(10)16-14(18)8-7-12(17)13-6-3-9-19-13/h1-6,9H,7-8H2,(H,16,18). The van der Waals surface area contributed by atoms with E-state index in [0.717, 1.165) is 0 Å². The predicted octanol–water partition coefficient (Wildman–Crippen LogP) is 4.00. The Morgan fingerprint density at radius 1 is 1.11 bits per heavy atom. The van der Waals surface area contributed by atoms with Crippen LogP contribution >= 0.6 is 22.9 Å². The van der Waals surface area contributed by atoms with Gasteiger partial charge in [-0.2, -0.15) is 0 Å². The Balaban J connectivity index is 1.86. The number of carbonyl (C=O) groups excluding carboxylic acids is 2. The Bertz CT molecular complexity index is 581. The topological polar surface area (TPSA) is 46.2 Å². The van der Waals surface area contributed by atoms with Crippen LogP contribution < -0.4 is 5.32 Å². The molecule has 0 saturated heterocycles. The Kier molecular flexibility index (Phi) is 4.71. The summed E-state index contributed by atoms with van der Waals surface area (Å²) in [4.78, 5) is 24.1. The molecule has 0 spiro atoms. The van der Waals surface area contributed by atoms with Crippen LogP contribution in [0.5, 0.6) is 0 Å². The second kappa shape index (κ2) is 6.50. The monoisotopic (exact) mass is 293 g/mol. The van der Waals surface area contributed by atoms with Gasteiger partial charge >= 0.3 is 0 Å². The number of hydrogen-bond acceptors (Lipinski definition) is 3. The van der Waals surface area contributed by atoms with E-state index >= 15 is 0 Å². The third-order valence-corrected chi connectivity index (χ3v) is 3.76. The van der Waals surface area contributed by atoms with E-state index in [-0.39, 0.29) is 24.5 Å². The summed E-state index contributed by atoms with van der Waals surface area (Å²) < 4.78 is 0. The second-order valence-electron chi connectivity index (χ2n) is 3.93. The molecule has 2 aromatic rings. The van der Waals surface area contributed by atoms with E-state index in [1.54, 1.807) is 30.3 Å². The van der Waals surface area contributed by atoms with Crippen LogP contribution in [0.25, 0.3) is 0 Å². The van der Waals surface area contributed by atoms with Crippen LogP contribution in [-0.2, 0) is 4.79 Å². The lowest BCUT2D eigenvalue weighted by molar-refractivity contribution is -0.116.